The molecule has 7 aromatic rings. The summed E-state index contributed by atoms with van der Waals surface area (Å²) in [6.07, 6.45) is 2.15. The zero-order valence-electron chi connectivity index (χ0n) is 34.3. The Labute approximate surface area is 366 Å². The molecule has 9 rings (SSSR count). The van der Waals surface area contributed by atoms with Gasteiger partial charge in [0.25, 0.3) is 0 Å². The summed E-state index contributed by atoms with van der Waals surface area (Å²) in [5.41, 5.74) is 14.3. The van der Waals surface area contributed by atoms with E-state index >= 15 is 0 Å². The van der Waals surface area contributed by atoms with E-state index in [2.05, 4.69) is 209 Å². The van der Waals surface area contributed by atoms with Crippen LogP contribution in [0.25, 0.3) is 5.57 Å². The zero-order valence-corrected chi connectivity index (χ0v) is 38.6. The third kappa shape index (κ3) is 10.4. The van der Waals surface area contributed by atoms with Crippen LogP contribution in [0.5, 0.6) is 0 Å². The maximum absolute atomic E-state index is 6.19. The van der Waals surface area contributed by atoms with Crippen LogP contribution in [-0.2, 0) is 13.5 Å². The summed E-state index contributed by atoms with van der Waals surface area (Å²) in [4.78, 5) is 4.76. The van der Waals surface area contributed by atoms with Crippen LogP contribution in [-0.4, -0.2) is 17.2 Å². The number of anilines is 2. The second kappa shape index (κ2) is 20.1. The number of nitrogens with zero attached hydrogens (tertiary/aromatic N) is 2. The van der Waals surface area contributed by atoms with E-state index in [9.17, 15) is 0 Å². The Kier molecular flexibility index (Phi) is 14.5. The Morgan fingerprint density at radius 2 is 0.949 bits per heavy atom. The van der Waals surface area contributed by atoms with Gasteiger partial charge in [0.2, 0.25) is 0 Å². The summed E-state index contributed by atoms with van der Waals surface area (Å²) in [7, 11) is 11.5. The van der Waals surface area contributed by atoms with Crippen molar-refractivity contribution in [3.63, 3.8) is 0 Å². The Hall–Kier alpha value is -4.62. The van der Waals surface area contributed by atoms with E-state index < -0.39 is 21.4 Å². The van der Waals surface area contributed by atoms with Crippen LogP contribution in [0.4, 0.5) is 11.4 Å². The monoisotopic (exact) mass is 918 g/mol. The molecule has 0 amide bonds. The SMILES string of the molecule is Cc1ccc(N2[CH-]N(c3c(C)cc(C)cc3C)CC2)c(C)c1.[Cl][Ru]([Cl])=[C]1C=C(c2ccccc2)c2ccccc21.c1ccc([PH+](c2ccccc2)c2ccccc2)cc1. The Balaban J connectivity index is 0.000000135. The van der Waals surface area contributed by atoms with Gasteiger partial charge in [-0.05, 0) is 93.8 Å². The van der Waals surface area contributed by atoms with Crippen molar-refractivity contribution in [2.45, 2.75) is 34.6 Å². The first-order chi connectivity index (χ1) is 28.7. The molecule has 0 atom stereocenters. The largest absolute Gasteiger partial charge is 0.102 e. The molecule has 1 heterocycles. The van der Waals surface area contributed by atoms with Crippen LogP contribution < -0.4 is 25.7 Å². The van der Waals surface area contributed by atoms with Gasteiger partial charge in [0, 0.05) is 24.5 Å². The van der Waals surface area contributed by atoms with Crippen LogP contribution in [0.15, 0.2) is 182 Å². The maximum atomic E-state index is 6.19. The number of hydrogen-bond acceptors (Lipinski definition) is 2. The van der Waals surface area contributed by atoms with Gasteiger partial charge in [0.05, 0.1) is 7.92 Å². The molecule has 1 saturated heterocycles. The van der Waals surface area contributed by atoms with Gasteiger partial charge in [-0.25, -0.2) is 0 Å². The van der Waals surface area contributed by atoms with E-state index in [1.54, 1.807) is 0 Å². The molecular formula is C53H51Cl2N2PRu. The molecule has 0 unspecified atom stereocenters. The Morgan fingerprint density at radius 1 is 0.492 bits per heavy atom. The second-order valence-electron chi connectivity index (χ2n) is 15.0. The van der Waals surface area contributed by atoms with Crippen molar-refractivity contribution in [3.05, 3.63) is 233 Å². The molecule has 0 bridgehead atoms. The number of fused-ring (bicyclic) bond motifs is 1. The second-order valence-corrected chi connectivity index (χ2v) is 23.3. The van der Waals surface area contributed by atoms with Crippen molar-refractivity contribution in [1.29, 1.82) is 0 Å². The van der Waals surface area contributed by atoms with E-state index in [1.807, 2.05) is 24.3 Å². The quantitative estimate of drug-likeness (QED) is 0.0932. The molecule has 0 saturated carbocycles. The average Bonchev–Trinajstić information content (AvgIpc) is 3.89. The summed E-state index contributed by atoms with van der Waals surface area (Å²) < 4.78 is 1.12. The summed E-state index contributed by atoms with van der Waals surface area (Å²) in [5.74, 6) is 0. The number of aryl methyl sites for hydroxylation is 5. The summed E-state index contributed by atoms with van der Waals surface area (Å²) in [6, 6.07) is 62.4. The first kappa shape index (κ1) is 42.5. The van der Waals surface area contributed by atoms with Crippen LogP contribution in [0.2, 0.25) is 0 Å². The fraction of sp³-hybridized carbons (Fsp3) is 0.132. The van der Waals surface area contributed by atoms with Crippen molar-refractivity contribution in [2.24, 2.45) is 0 Å². The van der Waals surface area contributed by atoms with Crippen LogP contribution in [0.1, 0.15) is 44.5 Å². The molecule has 1 fully saturated rings. The van der Waals surface area contributed by atoms with E-state index in [0.717, 1.165) is 17.2 Å². The predicted molar refractivity (Wildman–Crippen MR) is 258 cm³/mol. The number of halogens is 2. The molecule has 2 aliphatic rings. The van der Waals surface area contributed by atoms with Gasteiger partial charge in [-0.1, -0.05) is 90.0 Å². The van der Waals surface area contributed by atoms with Crippen LogP contribution in [0.3, 0.4) is 0 Å². The van der Waals surface area contributed by atoms with Gasteiger partial charge < -0.3 is 9.80 Å². The molecule has 59 heavy (non-hydrogen) atoms. The van der Waals surface area contributed by atoms with Gasteiger partial charge in [-0.3, -0.25) is 0 Å². The maximum Gasteiger partial charge on any atom is 0.102 e. The van der Waals surface area contributed by atoms with Gasteiger partial charge in [-0.2, -0.15) is 6.67 Å². The molecule has 0 aromatic heterocycles. The van der Waals surface area contributed by atoms with Gasteiger partial charge in [0.15, 0.2) is 0 Å². The topological polar surface area (TPSA) is 6.48 Å². The third-order valence-corrected chi connectivity index (χ3v) is 16.5. The predicted octanol–water partition coefficient (Wildman–Crippen LogP) is 12.4. The molecular weight excluding hydrogens is 868 g/mol. The van der Waals surface area contributed by atoms with E-state index in [-0.39, 0.29) is 0 Å². The van der Waals surface area contributed by atoms with Crippen LogP contribution in [0, 0.1) is 41.3 Å². The minimum absolute atomic E-state index is 0.877. The van der Waals surface area contributed by atoms with Crippen molar-refractivity contribution in [1.82, 2.24) is 0 Å². The molecule has 0 N–H and O–H groups in total. The first-order valence-corrected chi connectivity index (χ1v) is 26.8. The minimum atomic E-state index is -1.88. The fourth-order valence-corrected chi connectivity index (χ4v) is 13.1. The first-order valence-electron chi connectivity index (χ1n) is 20.0. The molecule has 1 aliphatic heterocycles. The van der Waals surface area contributed by atoms with Gasteiger partial charge in [0.1, 0.15) is 15.9 Å². The minimum Gasteiger partial charge on any atom is -0.0620 e. The molecule has 300 valence electrons. The Bertz CT molecular complexity index is 2440. The molecule has 0 radical (unpaired) electrons. The average molecular weight is 919 g/mol. The molecule has 0 spiro atoms. The number of rotatable bonds is 6. The number of hydrogen-bond donors (Lipinski definition) is 0. The smallest absolute Gasteiger partial charge is 0.0620 e. The Morgan fingerprint density at radius 3 is 1.46 bits per heavy atom. The van der Waals surface area contributed by atoms with Crippen molar-refractivity contribution < 1.29 is 13.5 Å². The molecule has 1 aliphatic carbocycles. The fourth-order valence-electron chi connectivity index (χ4n) is 8.09. The van der Waals surface area contributed by atoms with Crippen molar-refractivity contribution >= 4 is 64.3 Å². The molecule has 7 aromatic carbocycles. The third-order valence-electron chi connectivity index (χ3n) is 10.6. The van der Waals surface area contributed by atoms with Gasteiger partial charge in [-0.15, -0.1) is 0 Å². The number of allylic oxidation sites excluding steroid dienone is 1. The van der Waals surface area contributed by atoms with E-state index in [1.165, 1.54) is 77.4 Å². The summed E-state index contributed by atoms with van der Waals surface area (Å²) in [5, 5.41) is 4.31. The van der Waals surface area contributed by atoms with Crippen molar-refractivity contribution in [2.75, 3.05) is 22.9 Å². The van der Waals surface area contributed by atoms with Gasteiger partial charge >= 0.3 is 120 Å². The molecule has 6 heteroatoms. The summed E-state index contributed by atoms with van der Waals surface area (Å²) in [6.45, 7) is 15.3. The van der Waals surface area contributed by atoms with Crippen LogP contribution >= 0.6 is 27.3 Å². The normalized spacial score (nSPS) is 13.3. The van der Waals surface area contributed by atoms with E-state index in [4.69, 9.17) is 19.4 Å². The number of benzene rings is 7. The molecule has 2 nitrogen and oxygen atoms in total. The zero-order chi connectivity index (χ0) is 41.3. The van der Waals surface area contributed by atoms with Crippen molar-refractivity contribution in [3.8, 4) is 0 Å². The standard InChI is InChI=1S/C20H25N2.C18H15P.C15H10.2ClH.Ru/c1-14-6-7-19(16(3)10-14)21-8-9-22(13-21)20-17(4)11-15(2)12-18(20)5;1-4-10-16(11-5-1)19(17-12-6-2-7-13-17)18-14-8-3-9-15-18;1-2-6-12(7-3-1)15-11-10-13-8-4-5-9-14(13)15;;;/h6-7,10-13H,8-9H2,1-5H3;1-15H;1-9,11H;2*1H;/q-1;;;;;+2/p-1. The van der Waals surface area contributed by atoms with E-state index in [0.29, 0.717) is 0 Å². The summed E-state index contributed by atoms with van der Waals surface area (Å²) >= 11 is -1.88.